The molecule has 1 saturated carbocycles. The van der Waals surface area contributed by atoms with E-state index in [1.54, 1.807) is 31.4 Å². The highest BCUT2D eigenvalue weighted by molar-refractivity contribution is 6.74. The minimum absolute atomic E-state index is 0.00103. The number of hydrogen-bond donors (Lipinski definition) is 4. The number of carbonyl (C=O) groups is 2. The fourth-order valence-electron chi connectivity index (χ4n) is 9.44. The van der Waals surface area contributed by atoms with Crippen molar-refractivity contribution >= 4 is 42.7 Å². The van der Waals surface area contributed by atoms with E-state index in [1.807, 2.05) is 6.07 Å². The van der Waals surface area contributed by atoms with Crippen molar-refractivity contribution in [1.82, 2.24) is 20.5 Å². The Labute approximate surface area is 383 Å². The lowest BCUT2D eigenvalue weighted by atomic mass is 9.69. The number of aromatic amines is 1. The molecule has 12 nitrogen and oxygen atoms in total. The Balaban J connectivity index is 0.919. The minimum Gasteiger partial charge on any atom is -0.506 e. The van der Waals surface area contributed by atoms with E-state index in [-0.39, 0.29) is 40.9 Å². The van der Waals surface area contributed by atoms with Gasteiger partial charge in [0, 0.05) is 49.3 Å². The monoisotopic (exact) mass is 914 g/mol. The average Bonchev–Trinajstić information content (AvgIpc) is 3.28. The first-order valence-electron chi connectivity index (χ1n) is 23.1. The number of ether oxygens (including phenoxy) is 3. The van der Waals surface area contributed by atoms with Gasteiger partial charge < -0.3 is 39.4 Å². The van der Waals surface area contributed by atoms with E-state index < -0.39 is 19.8 Å². The second-order valence-electron chi connectivity index (χ2n) is 19.5. The van der Waals surface area contributed by atoms with E-state index in [2.05, 4.69) is 78.6 Å². The maximum Gasteiger partial charge on any atom is 0.316 e. The standard InChI is InChI=1S/C50H67ClN4O8Si/c1-49(2,3)64(5,6)63-43(37-15-17-40(56)47-38(37)16-18-45(57)54-47)30-52-29-35-27-39(51)42(28-41(35)60-4)61-32-46(58)53-23-11-13-33-12-10-14-36(26-33)50(21-8-7-9-22-50)48(59)62-44-31-55-24-19-34(44)20-25-55/h10,12,14-18,26-28,34,43-44,52,56H,7-9,11,13,19-25,29-32H2,1-6H3,(H,53,58)(H,54,57)/t43-,44+/m1/s1. The summed E-state index contributed by atoms with van der Waals surface area (Å²) in [5, 5.41) is 18.1. The maximum atomic E-state index is 14.0. The summed E-state index contributed by atoms with van der Waals surface area (Å²) in [6.45, 7) is 15.1. The third kappa shape index (κ3) is 11.0. The number of methoxy groups -OCH3 is 1. The summed E-state index contributed by atoms with van der Waals surface area (Å²) >= 11 is 6.72. The summed E-state index contributed by atoms with van der Waals surface area (Å²) < 4.78 is 25.0. The van der Waals surface area contributed by atoms with Crippen LogP contribution in [0.25, 0.3) is 10.9 Å². The summed E-state index contributed by atoms with van der Waals surface area (Å²) in [5.74, 6) is 1.05. The number of carbonyl (C=O) groups excluding carboxylic acids is 2. The zero-order valence-electron chi connectivity index (χ0n) is 38.4. The highest BCUT2D eigenvalue weighted by Gasteiger charge is 2.46. The van der Waals surface area contributed by atoms with Crippen LogP contribution in [-0.2, 0) is 37.1 Å². The molecule has 2 atom stereocenters. The molecule has 4 heterocycles. The van der Waals surface area contributed by atoms with Gasteiger partial charge in [0.15, 0.2) is 14.9 Å². The van der Waals surface area contributed by atoms with Gasteiger partial charge in [-0.1, -0.05) is 82.0 Å². The van der Waals surface area contributed by atoms with Crippen LogP contribution < -0.4 is 25.7 Å². The summed E-state index contributed by atoms with van der Waals surface area (Å²) in [4.78, 5) is 44.3. The second kappa shape index (κ2) is 20.4. The van der Waals surface area contributed by atoms with Gasteiger partial charge in [0.25, 0.3) is 5.91 Å². The van der Waals surface area contributed by atoms with Crippen molar-refractivity contribution in [3.8, 4) is 17.2 Å². The third-order valence-corrected chi connectivity index (χ3v) is 19.0. The summed E-state index contributed by atoms with van der Waals surface area (Å²) in [7, 11) is -0.703. The number of benzene rings is 3. The lowest BCUT2D eigenvalue weighted by Crippen LogP contribution is -2.53. The number of aryl methyl sites for hydroxylation is 1. The van der Waals surface area contributed by atoms with Gasteiger partial charge in [-0.25, -0.2) is 0 Å². The molecule has 0 unspecified atom stereocenters. The number of aromatic nitrogens is 1. The number of nitrogens with one attached hydrogen (secondary N) is 3. The molecular weight excluding hydrogens is 848 g/mol. The molecule has 4 fully saturated rings. The number of H-pyrrole nitrogens is 1. The van der Waals surface area contributed by atoms with Gasteiger partial charge in [0.2, 0.25) is 5.56 Å². The largest absolute Gasteiger partial charge is 0.506 e. The highest BCUT2D eigenvalue weighted by Crippen LogP contribution is 2.44. The Kier molecular flexibility index (Phi) is 15.2. The number of nitrogens with zero attached hydrogens (tertiary/aromatic N) is 1. The van der Waals surface area contributed by atoms with Crippen LogP contribution in [0.3, 0.4) is 0 Å². The number of piperidine rings is 3. The van der Waals surface area contributed by atoms with E-state index in [9.17, 15) is 19.5 Å². The molecule has 3 saturated heterocycles. The van der Waals surface area contributed by atoms with Gasteiger partial charge in [-0.05, 0) is 111 Å². The highest BCUT2D eigenvalue weighted by atomic mass is 35.5. The van der Waals surface area contributed by atoms with Crippen LogP contribution in [0.1, 0.15) is 100 Å². The molecule has 4 aromatic rings. The van der Waals surface area contributed by atoms with E-state index >= 15 is 0 Å². The molecule has 0 radical (unpaired) electrons. The Bertz CT molecular complexity index is 2330. The fourth-order valence-corrected chi connectivity index (χ4v) is 11.0. The van der Waals surface area contributed by atoms with E-state index in [0.717, 1.165) is 99.7 Å². The van der Waals surface area contributed by atoms with Crippen molar-refractivity contribution in [2.24, 2.45) is 5.92 Å². The van der Waals surface area contributed by atoms with Crippen LogP contribution in [0.5, 0.6) is 17.2 Å². The predicted molar refractivity (Wildman–Crippen MR) is 254 cm³/mol. The van der Waals surface area contributed by atoms with E-state index in [0.29, 0.717) is 53.0 Å². The molecular formula is C50H67ClN4O8Si. The lowest BCUT2D eigenvalue weighted by molar-refractivity contribution is -0.167. The normalized spacial score (nSPS) is 20.1. The molecule has 64 heavy (non-hydrogen) atoms. The number of rotatable bonds is 18. The predicted octanol–water partition coefficient (Wildman–Crippen LogP) is 8.72. The van der Waals surface area contributed by atoms with E-state index in [4.69, 9.17) is 30.2 Å². The minimum atomic E-state index is -2.28. The van der Waals surface area contributed by atoms with Gasteiger partial charge in [-0.3, -0.25) is 19.3 Å². The van der Waals surface area contributed by atoms with Crippen LogP contribution in [0.4, 0.5) is 0 Å². The number of amides is 1. The van der Waals surface area contributed by atoms with Crippen molar-refractivity contribution in [2.45, 2.75) is 121 Å². The molecule has 3 aliphatic heterocycles. The topological polar surface area (TPSA) is 151 Å². The second-order valence-corrected chi connectivity index (χ2v) is 24.7. The molecule has 346 valence electrons. The van der Waals surface area contributed by atoms with Crippen molar-refractivity contribution in [2.75, 3.05) is 46.4 Å². The van der Waals surface area contributed by atoms with Crippen LogP contribution >= 0.6 is 11.6 Å². The number of esters is 1. The summed E-state index contributed by atoms with van der Waals surface area (Å²) in [5.41, 5.74) is 3.32. The molecule has 14 heteroatoms. The van der Waals surface area contributed by atoms with Crippen LogP contribution in [0.2, 0.25) is 23.2 Å². The van der Waals surface area contributed by atoms with Crippen molar-refractivity contribution in [3.05, 3.63) is 98.3 Å². The van der Waals surface area contributed by atoms with Gasteiger partial charge in [-0.2, -0.15) is 0 Å². The quantitative estimate of drug-likeness (QED) is 0.0434. The molecule has 1 amide bonds. The fraction of sp³-hybridized carbons (Fsp3) is 0.540. The Morgan fingerprint density at radius 3 is 2.48 bits per heavy atom. The number of pyridine rings is 1. The summed E-state index contributed by atoms with van der Waals surface area (Å²) in [6.07, 6.45) is 8.14. The van der Waals surface area contributed by atoms with Crippen LogP contribution in [-0.4, -0.2) is 87.7 Å². The van der Waals surface area contributed by atoms with Crippen LogP contribution in [0, 0.1) is 5.92 Å². The number of phenols is 1. The molecule has 4 aliphatic rings. The van der Waals surface area contributed by atoms with Gasteiger partial charge in [0.1, 0.15) is 23.4 Å². The molecule has 2 bridgehead atoms. The molecule has 3 aromatic carbocycles. The van der Waals surface area contributed by atoms with E-state index in [1.165, 1.54) is 6.07 Å². The maximum absolute atomic E-state index is 14.0. The van der Waals surface area contributed by atoms with Gasteiger partial charge in [0.05, 0.1) is 29.2 Å². The van der Waals surface area contributed by atoms with Crippen LogP contribution in [0.15, 0.2) is 65.5 Å². The van der Waals surface area contributed by atoms with Crippen molar-refractivity contribution in [3.63, 3.8) is 0 Å². The molecule has 8 rings (SSSR count). The Morgan fingerprint density at radius 1 is 1.02 bits per heavy atom. The zero-order chi connectivity index (χ0) is 45.6. The Hall–Kier alpha value is -4.40. The molecule has 1 aliphatic carbocycles. The molecule has 0 spiro atoms. The number of hydrogen-bond acceptors (Lipinski definition) is 10. The number of aromatic hydroxyl groups is 1. The molecule has 4 N–H and O–H groups in total. The number of halogens is 1. The Morgan fingerprint density at radius 2 is 1.78 bits per heavy atom. The van der Waals surface area contributed by atoms with Gasteiger partial charge in [-0.15, -0.1) is 0 Å². The van der Waals surface area contributed by atoms with Crippen molar-refractivity contribution in [1.29, 1.82) is 0 Å². The van der Waals surface area contributed by atoms with Gasteiger partial charge >= 0.3 is 5.97 Å². The third-order valence-electron chi connectivity index (χ3n) is 14.2. The molecule has 1 aromatic heterocycles. The zero-order valence-corrected chi connectivity index (χ0v) is 40.2. The average molecular weight is 916 g/mol. The first kappa shape index (κ1) is 47.6. The first-order chi connectivity index (χ1) is 30.6. The number of fused-ring (bicyclic) bond motifs is 4. The van der Waals surface area contributed by atoms with Crippen molar-refractivity contribution < 1.29 is 33.3 Å². The SMILES string of the molecule is COc1cc(OCC(=O)NCCCc2cccc(C3(C(=O)O[C@H]4CN5CCC4CC5)CCCCC3)c2)c(Cl)cc1CNC[C@@H](O[Si](C)(C)C(C)(C)C)c1ccc(O)c2[nH]c(=O)ccc12. The lowest BCUT2D eigenvalue weighted by Gasteiger charge is -2.45. The first-order valence-corrected chi connectivity index (χ1v) is 26.4. The summed E-state index contributed by atoms with van der Waals surface area (Å²) in [6, 6.07) is 18.5. The smallest absolute Gasteiger partial charge is 0.316 e. The number of phenolic OH excluding ortho intramolecular Hbond substituents is 1.